The molecule has 0 radical (unpaired) electrons. The van der Waals surface area contributed by atoms with Crippen LogP contribution in [-0.4, -0.2) is 27.8 Å². The number of carbonyl (C=O) groups is 1. The number of ether oxygens (including phenoxy) is 1. The number of nitrogens with one attached hydrogen (secondary N) is 1. The predicted molar refractivity (Wildman–Crippen MR) is 99.2 cm³/mol. The fourth-order valence-corrected chi connectivity index (χ4v) is 3.58. The third kappa shape index (κ3) is 3.03. The lowest BCUT2D eigenvalue weighted by Crippen LogP contribution is -2.25. The molecule has 1 aromatic heterocycles. The molecule has 1 aliphatic rings. The molecule has 6 nitrogen and oxygen atoms in total. The maximum atomic E-state index is 12.8. The molecule has 4 rings (SSSR count). The van der Waals surface area contributed by atoms with Crippen LogP contribution in [0.4, 0.5) is 0 Å². The van der Waals surface area contributed by atoms with Gasteiger partial charge in [-0.2, -0.15) is 0 Å². The van der Waals surface area contributed by atoms with E-state index in [1.165, 1.54) is 6.42 Å². The molecule has 2 aromatic carbocycles. The van der Waals surface area contributed by atoms with Gasteiger partial charge in [-0.25, -0.2) is 0 Å². The average Bonchev–Trinajstić information content (AvgIpc) is 2.91. The molecule has 3 aromatic rings. The van der Waals surface area contributed by atoms with Crippen molar-refractivity contribution in [1.29, 1.82) is 0 Å². The van der Waals surface area contributed by atoms with Crippen LogP contribution in [0.15, 0.2) is 36.4 Å². The van der Waals surface area contributed by atoms with Crippen LogP contribution in [0.3, 0.4) is 0 Å². The molecule has 0 atom stereocenters. The van der Waals surface area contributed by atoms with Gasteiger partial charge in [-0.15, -0.1) is 10.2 Å². The average molecular weight is 350 g/mol. The number of benzene rings is 2. The summed E-state index contributed by atoms with van der Waals surface area (Å²) in [5.41, 5.74) is 0.636. The first-order valence-corrected chi connectivity index (χ1v) is 9.03. The topological polar surface area (TPSA) is 69.0 Å². The summed E-state index contributed by atoms with van der Waals surface area (Å²) >= 11 is 0. The molecule has 0 unspecified atom stereocenters. The van der Waals surface area contributed by atoms with Gasteiger partial charge in [0.15, 0.2) is 5.82 Å². The lowest BCUT2D eigenvalue weighted by atomic mass is 10.0. The minimum absolute atomic E-state index is 0.116. The number of aromatic nitrogens is 3. The summed E-state index contributed by atoms with van der Waals surface area (Å²) in [5.74, 6) is 2.50. The number of rotatable bonds is 4. The van der Waals surface area contributed by atoms with Crippen molar-refractivity contribution in [2.24, 2.45) is 0 Å². The number of carbonyl (C=O) groups excluding carboxylic acids is 1. The van der Waals surface area contributed by atoms with Gasteiger partial charge in [0, 0.05) is 23.9 Å². The lowest BCUT2D eigenvalue weighted by Gasteiger charge is -2.11. The van der Waals surface area contributed by atoms with Gasteiger partial charge >= 0.3 is 0 Å². The summed E-state index contributed by atoms with van der Waals surface area (Å²) in [6, 6.07) is 11.4. The van der Waals surface area contributed by atoms with Gasteiger partial charge in [-0.1, -0.05) is 30.7 Å². The Labute approximate surface area is 152 Å². The number of fused-ring (bicyclic) bond motifs is 2. The maximum Gasteiger partial charge on any atom is 0.252 e. The Morgan fingerprint density at radius 2 is 1.96 bits per heavy atom. The van der Waals surface area contributed by atoms with E-state index in [4.69, 9.17) is 4.74 Å². The summed E-state index contributed by atoms with van der Waals surface area (Å²) in [7, 11) is 1.64. The van der Waals surface area contributed by atoms with E-state index in [1.807, 2.05) is 30.3 Å². The molecule has 2 heterocycles. The molecule has 0 spiro atoms. The zero-order valence-electron chi connectivity index (χ0n) is 14.9. The van der Waals surface area contributed by atoms with Crippen LogP contribution in [0.5, 0.6) is 5.75 Å². The van der Waals surface area contributed by atoms with E-state index >= 15 is 0 Å². The molecule has 0 saturated carbocycles. The van der Waals surface area contributed by atoms with Crippen LogP contribution >= 0.6 is 0 Å². The van der Waals surface area contributed by atoms with Gasteiger partial charge in [0.25, 0.3) is 5.91 Å². The molecule has 0 fully saturated rings. The molecule has 0 aliphatic carbocycles. The first kappa shape index (κ1) is 16.6. The zero-order valence-corrected chi connectivity index (χ0v) is 14.9. The number of aryl methyl sites for hydroxylation is 1. The molecule has 1 amide bonds. The zero-order chi connectivity index (χ0) is 17.9. The van der Waals surface area contributed by atoms with Gasteiger partial charge in [0.2, 0.25) is 0 Å². The Morgan fingerprint density at radius 3 is 2.81 bits per heavy atom. The first-order chi connectivity index (χ1) is 12.8. The van der Waals surface area contributed by atoms with Crippen molar-refractivity contribution in [2.75, 3.05) is 7.11 Å². The van der Waals surface area contributed by atoms with Gasteiger partial charge in [0.1, 0.15) is 11.6 Å². The van der Waals surface area contributed by atoms with Crippen LogP contribution in [0.25, 0.3) is 10.8 Å². The van der Waals surface area contributed by atoms with Gasteiger partial charge in [-0.05, 0) is 30.4 Å². The third-order valence-electron chi connectivity index (χ3n) is 4.94. The van der Waals surface area contributed by atoms with E-state index in [0.717, 1.165) is 54.0 Å². The summed E-state index contributed by atoms with van der Waals surface area (Å²) in [4.78, 5) is 12.8. The molecule has 1 aliphatic heterocycles. The highest BCUT2D eigenvalue weighted by molar-refractivity contribution is 6.08. The fourth-order valence-electron chi connectivity index (χ4n) is 3.58. The van der Waals surface area contributed by atoms with Crippen LogP contribution < -0.4 is 10.1 Å². The number of methoxy groups -OCH3 is 1. The first-order valence-electron chi connectivity index (χ1n) is 9.03. The van der Waals surface area contributed by atoms with E-state index in [0.29, 0.717) is 12.1 Å². The van der Waals surface area contributed by atoms with Crippen molar-refractivity contribution in [3.8, 4) is 5.75 Å². The Kier molecular flexibility index (Phi) is 4.56. The van der Waals surface area contributed by atoms with Crippen molar-refractivity contribution in [3.05, 3.63) is 53.6 Å². The van der Waals surface area contributed by atoms with E-state index in [-0.39, 0.29) is 5.91 Å². The number of hydrogen-bond acceptors (Lipinski definition) is 4. The number of hydrogen-bond donors (Lipinski definition) is 1. The van der Waals surface area contributed by atoms with Crippen LogP contribution in [0.2, 0.25) is 0 Å². The standard InChI is InChI=1S/C20H22N4O2/c1-26-17-11-10-16(14-7-4-5-8-15(14)17)20(25)21-13-19-23-22-18-9-3-2-6-12-24(18)19/h4-5,7-8,10-11H,2-3,6,9,12-13H2,1H3,(H,21,25). The van der Waals surface area contributed by atoms with Crippen LogP contribution in [0, 0.1) is 0 Å². The Hall–Kier alpha value is -2.89. The van der Waals surface area contributed by atoms with Crippen molar-refractivity contribution >= 4 is 16.7 Å². The molecular formula is C20H22N4O2. The molecule has 0 bridgehead atoms. The Balaban J connectivity index is 1.56. The quantitative estimate of drug-likeness (QED) is 0.785. The summed E-state index contributed by atoms with van der Waals surface area (Å²) in [6.45, 7) is 1.31. The van der Waals surface area contributed by atoms with E-state index in [9.17, 15) is 4.79 Å². The summed E-state index contributed by atoms with van der Waals surface area (Å²) < 4.78 is 7.55. The Morgan fingerprint density at radius 1 is 1.12 bits per heavy atom. The van der Waals surface area contributed by atoms with Crippen LogP contribution in [-0.2, 0) is 19.5 Å². The smallest absolute Gasteiger partial charge is 0.252 e. The molecule has 26 heavy (non-hydrogen) atoms. The second kappa shape index (κ2) is 7.15. The number of amides is 1. The minimum atomic E-state index is -0.116. The minimum Gasteiger partial charge on any atom is -0.496 e. The summed E-state index contributed by atoms with van der Waals surface area (Å²) in [5, 5.41) is 13.4. The van der Waals surface area contributed by atoms with Gasteiger partial charge in [0.05, 0.1) is 13.7 Å². The van der Waals surface area contributed by atoms with Crippen molar-refractivity contribution in [2.45, 2.75) is 38.8 Å². The van der Waals surface area contributed by atoms with Crippen molar-refractivity contribution < 1.29 is 9.53 Å². The molecule has 1 N–H and O–H groups in total. The molecule has 134 valence electrons. The highest BCUT2D eigenvalue weighted by Gasteiger charge is 2.17. The van der Waals surface area contributed by atoms with E-state index in [2.05, 4.69) is 20.1 Å². The van der Waals surface area contributed by atoms with E-state index < -0.39 is 0 Å². The highest BCUT2D eigenvalue weighted by atomic mass is 16.5. The summed E-state index contributed by atoms with van der Waals surface area (Å²) in [6.07, 6.45) is 4.47. The monoisotopic (exact) mass is 350 g/mol. The Bertz CT molecular complexity index is 948. The fraction of sp³-hybridized carbons (Fsp3) is 0.350. The predicted octanol–water partition coefficient (Wildman–Crippen LogP) is 3.10. The lowest BCUT2D eigenvalue weighted by molar-refractivity contribution is 0.0951. The molecule has 6 heteroatoms. The van der Waals surface area contributed by atoms with Crippen molar-refractivity contribution in [1.82, 2.24) is 20.1 Å². The largest absolute Gasteiger partial charge is 0.496 e. The van der Waals surface area contributed by atoms with Crippen LogP contribution in [0.1, 0.15) is 41.3 Å². The second-order valence-corrected chi connectivity index (χ2v) is 6.54. The third-order valence-corrected chi connectivity index (χ3v) is 4.94. The van der Waals surface area contributed by atoms with Gasteiger partial charge < -0.3 is 14.6 Å². The number of nitrogens with zero attached hydrogens (tertiary/aromatic N) is 3. The normalized spacial score (nSPS) is 13.9. The molecular weight excluding hydrogens is 328 g/mol. The highest BCUT2D eigenvalue weighted by Crippen LogP contribution is 2.28. The SMILES string of the molecule is COc1ccc(C(=O)NCc2nnc3n2CCCCC3)c2ccccc12. The van der Waals surface area contributed by atoms with E-state index in [1.54, 1.807) is 13.2 Å². The second-order valence-electron chi connectivity index (χ2n) is 6.54. The van der Waals surface area contributed by atoms with Crippen molar-refractivity contribution in [3.63, 3.8) is 0 Å². The molecule has 0 saturated heterocycles. The maximum absolute atomic E-state index is 12.8. The van der Waals surface area contributed by atoms with Gasteiger partial charge in [-0.3, -0.25) is 4.79 Å².